The lowest BCUT2D eigenvalue weighted by Gasteiger charge is -2.27. The summed E-state index contributed by atoms with van der Waals surface area (Å²) in [4.78, 5) is 16.2. The number of alkyl halides is 1. The van der Waals surface area contributed by atoms with E-state index in [1.807, 2.05) is 6.92 Å². The van der Waals surface area contributed by atoms with Crippen LogP contribution in [0.5, 0.6) is 0 Å². The van der Waals surface area contributed by atoms with E-state index in [0.29, 0.717) is 35.5 Å². The van der Waals surface area contributed by atoms with E-state index in [2.05, 4.69) is 10.3 Å². The first-order valence-electron chi connectivity index (χ1n) is 10.4. The fraction of sp³-hybridized carbons (Fsp3) is 0.304. The number of hydrogen-bond donors (Lipinski definition) is 2. The number of hydrogen-bond acceptors (Lipinski definition) is 6. The van der Waals surface area contributed by atoms with Gasteiger partial charge >= 0.3 is 5.97 Å². The minimum atomic E-state index is -4.13. The van der Waals surface area contributed by atoms with E-state index in [4.69, 9.17) is 4.74 Å². The SMILES string of the molecule is Cc1ccc(S(=O)(=O)n2cc(-c3cc(N[C@H]4CCOC[C@@H]4F)ncc3C)cc2C(=O)O)cc1. The van der Waals surface area contributed by atoms with Gasteiger partial charge in [-0.1, -0.05) is 17.7 Å². The van der Waals surface area contributed by atoms with Crippen molar-refractivity contribution in [2.45, 2.75) is 37.4 Å². The van der Waals surface area contributed by atoms with E-state index in [1.54, 1.807) is 31.3 Å². The van der Waals surface area contributed by atoms with Gasteiger partial charge in [0.2, 0.25) is 0 Å². The minimum Gasteiger partial charge on any atom is -0.477 e. The lowest BCUT2D eigenvalue weighted by molar-refractivity contribution is 0.0285. The zero-order chi connectivity index (χ0) is 23.8. The molecule has 0 spiro atoms. The number of anilines is 1. The highest BCUT2D eigenvalue weighted by Crippen LogP contribution is 2.30. The maximum atomic E-state index is 14.1. The van der Waals surface area contributed by atoms with E-state index in [0.717, 1.165) is 9.54 Å². The zero-order valence-electron chi connectivity index (χ0n) is 18.2. The zero-order valence-corrected chi connectivity index (χ0v) is 19.0. The van der Waals surface area contributed by atoms with Gasteiger partial charge in [0, 0.05) is 24.6 Å². The third kappa shape index (κ3) is 4.62. The van der Waals surface area contributed by atoms with E-state index < -0.39 is 28.2 Å². The van der Waals surface area contributed by atoms with E-state index in [9.17, 15) is 22.7 Å². The van der Waals surface area contributed by atoms with Crippen LogP contribution in [0.25, 0.3) is 11.1 Å². The monoisotopic (exact) mass is 473 g/mol. The van der Waals surface area contributed by atoms with Crippen LogP contribution in [-0.2, 0) is 14.8 Å². The smallest absolute Gasteiger partial charge is 0.353 e. The fourth-order valence-electron chi connectivity index (χ4n) is 3.74. The summed E-state index contributed by atoms with van der Waals surface area (Å²) >= 11 is 0. The standard InChI is InChI=1S/C23H24FN3O5S/c1-14-3-5-17(6-4-14)33(30,31)27-12-16(9-21(27)23(28)29)18-10-22(25-11-15(18)2)26-20-7-8-32-13-19(20)24/h3-6,9-12,19-20H,7-8,13H2,1-2H3,(H,25,26)(H,28,29)/t19-,20-/m0/s1. The molecule has 1 saturated heterocycles. The quantitative estimate of drug-likeness (QED) is 0.562. The van der Waals surface area contributed by atoms with Crippen LogP contribution in [-0.4, -0.2) is 53.9 Å². The van der Waals surface area contributed by atoms with Crippen LogP contribution in [0.4, 0.5) is 10.2 Å². The van der Waals surface area contributed by atoms with Crippen molar-refractivity contribution in [3.63, 3.8) is 0 Å². The molecule has 33 heavy (non-hydrogen) atoms. The molecule has 174 valence electrons. The van der Waals surface area contributed by atoms with Gasteiger partial charge in [-0.25, -0.2) is 26.6 Å². The second-order valence-corrected chi connectivity index (χ2v) is 9.86. The highest BCUT2D eigenvalue weighted by Gasteiger charge is 2.27. The summed E-state index contributed by atoms with van der Waals surface area (Å²) in [5, 5.41) is 12.8. The molecule has 1 aliphatic rings. The molecule has 4 rings (SSSR count). The number of carboxylic acids is 1. The van der Waals surface area contributed by atoms with Crippen molar-refractivity contribution in [3.05, 3.63) is 65.6 Å². The fourth-order valence-corrected chi connectivity index (χ4v) is 5.09. The Hall–Kier alpha value is -3.24. The molecule has 0 saturated carbocycles. The number of aryl methyl sites for hydroxylation is 2. The van der Waals surface area contributed by atoms with Gasteiger partial charge in [-0.05, 0) is 55.7 Å². The van der Waals surface area contributed by atoms with Crippen LogP contribution < -0.4 is 5.32 Å². The molecule has 0 bridgehead atoms. The highest BCUT2D eigenvalue weighted by molar-refractivity contribution is 7.90. The largest absolute Gasteiger partial charge is 0.477 e. The van der Waals surface area contributed by atoms with E-state index in [1.165, 1.54) is 24.4 Å². The number of rotatable bonds is 6. The summed E-state index contributed by atoms with van der Waals surface area (Å²) in [5.41, 5.74) is 2.20. The van der Waals surface area contributed by atoms with Gasteiger partial charge in [-0.2, -0.15) is 0 Å². The number of nitrogens with zero attached hydrogens (tertiary/aromatic N) is 2. The molecular formula is C23H24FN3O5S. The molecule has 3 aromatic rings. The Morgan fingerprint density at radius 3 is 2.64 bits per heavy atom. The van der Waals surface area contributed by atoms with Crippen molar-refractivity contribution in [3.8, 4) is 11.1 Å². The molecule has 1 fully saturated rings. The average Bonchev–Trinajstić information content (AvgIpc) is 3.23. The second-order valence-electron chi connectivity index (χ2n) is 8.05. The number of carboxylic acid groups (broad SMARTS) is 1. The molecular weight excluding hydrogens is 449 g/mol. The third-order valence-electron chi connectivity index (χ3n) is 5.62. The third-order valence-corrected chi connectivity index (χ3v) is 7.31. The first-order valence-corrected chi connectivity index (χ1v) is 11.8. The van der Waals surface area contributed by atoms with Crippen molar-refractivity contribution in [1.82, 2.24) is 8.96 Å². The summed E-state index contributed by atoms with van der Waals surface area (Å²) in [6.45, 7) is 4.07. The molecule has 3 heterocycles. The number of pyridine rings is 1. The molecule has 0 unspecified atom stereocenters. The maximum absolute atomic E-state index is 14.1. The lowest BCUT2D eigenvalue weighted by Crippen LogP contribution is -2.39. The molecule has 0 aliphatic carbocycles. The normalized spacial score (nSPS) is 18.8. The van der Waals surface area contributed by atoms with Gasteiger partial charge < -0.3 is 15.2 Å². The number of aromatic carboxylic acids is 1. The van der Waals surface area contributed by atoms with Gasteiger partial charge in [-0.3, -0.25) is 0 Å². The molecule has 2 N–H and O–H groups in total. The van der Waals surface area contributed by atoms with Crippen molar-refractivity contribution in [2.24, 2.45) is 0 Å². The van der Waals surface area contributed by atoms with Gasteiger partial charge in [-0.15, -0.1) is 0 Å². The van der Waals surface area contributed by atoms with Crippen LogP contribution in [0.3, 0.4) is 0 Å². The molecule has 2 aromatic heterocycles. The Bertz CT molecular complexity index is 1290. The Balaban J connectivity index is 1.74. The first kappa shape index (κ1) is 22.9. The topological polar surface area (TPSA) is 111 Å². The van der Waals surface area contributed by atoms with E-state index in [-0.39, 0.29) is 17.2 Å². The number of benzene rings is 1. The van der Waals surface area contributed by atoms with Gasteiger partial charge in [0.25, 0.3) is 10.0 Å². The van der Waals surface area contributed by atoms with Crippen LogP contribution >= 0.6 is 0 Å². The number of aromatic nitrogens is 2. The molecule has 0 amide bonds. The number of carbonyl (C=O) groups is 1. The molecule has 0 radical (unpaired) electrons. The number of ether oxygens (including phenoxy) is 1. The summed E-state index contributed by atoms with van der Waals surface area (Å²) in [5.74, 6) is -0.958. The lowest BCUT2D eigenvalue weighted by atomic mass is 10.0. The van der Waals surface area contributed by atoms with Crippen LogP contribution in [0.1, 0.15) is 28.0 Å². The first-order chi connectivity index (χ1) is 15.7. The molecule has 8 nitrogen and oxygen atoms in total. The van der Waals surface area contributed by atoms with Crippen LogP contribution in [0.15, 0.2) is 53.7 Å². The Labute approximate surface area is 191 Å². The second kappa shape index (κ2) is 8.95. The Morgan fingerprint density at radius 2 is 1.97 bits per heavy atom. The van der Waals surface area contributed by atoms with Crippen LogP contribution in [0.2, 0.25) is 0 Å². The van der Waals surface area contributed by atoms with Gasteiger partial charge in [0.1, 0.15) is 17.7 Å². The number of nitrogens with one attached hydrogen (secondary N) is 1. The summed E-state index contributed by atoms with van der Waals surface area (Å²) in [6, 6.07) is 8.71. The predicted molar refractivity (Wildman–Crippen MR) is 121 cm³/mol. The van der Waals surface area contributed by atoms with Crippen molar-refractivity contribution < 1.29 is 27.4 Å². The molecule has 10 heteroatoms. The summed E-state index contributed by atoms with van der Waals surface area (Å²) < 4.78 is 46.4. The summed E-state index contributed by atoms with van der Waals surface area (Å²) in [7, 11) is -4.13. The van der Waals surface area contributed by atoms with Crippen molar-refractivity contribution in [1.29, 1.82) is 0 Å². The molecule has 1 aliphatic heterocycles. The molecule has 2 atom stereocenters. The molecule has 1 aromatic carbocycles. The Morgan fingerprint density at radius 1 is 1.24 bits per heavy atom. The minimum absolute atomic E-state index is 0.0120. The van der Waals surface area contributed by atoms with Crippen molar-refractivity contribution in [2.75, 3.05) is 18.5 Å². The van der Waals surface area contributed by atoms with Crippen LogP contribution in [0, 0.1) is 13.8 Å². The van der Waals surface area contributed by atoms with Gasteiger partial charge in [0.05, 0.1) is 17.5 Å². The van der Waals surface area contributed by atoms with E-state index >= 15 is 0 Å². The predicted octanol–water partition coefficient (Wildman–Crippen LogP) is 3.64. The average molecular weight is 474 g/mol. The Kier molecular flexibility index (Phi) is 6.22. The summed E-state index contributed by atoms with van der Waals surface area (Å²) in [6.07, 6.45) is 2.18. The highest BCUT2D eigenvalue weighted by atomic mass is 32.2. The van der Waals surface area contributed by atoms with Gasteiger partial charge in [0.15, 0.2) is 0 Å². The van der Waals surface area contributed by atoms with Crippen molar-refractivity contribution >= 4 is 21.8 Å². The maximum Gasteiger partial charge on any atom is 0.353 e. The number of halogens is 1.